The van der Waals surface area contributed by atoms with Crippen LogP contribution in [0, 0.1) is 12.8 Å². The van der Waals surface area contributed by atoms with Crippen LogP contribution in [-0.4, -0.2) is 16.8 Å². The summed E-state index contributed by atoms with van der Waals surface area (Å²) in [5.74, 6) is 0.971. The van der Waals surface area contributed by atoms with Crippen LogP contribution in [-0.2, 0) is 0 Å². The highest BCUT2D eigenvalue weighted by Crippen LogP contribution is 2.34. The summed E-state index contributed by atoms with van der Waals surface area (Å²) < 4.78 is 30.3. The van der Waals surface area contributed by atoms with Crippen molar-refractivity contribution in [2.45, 2.75) is 40.7 Å². The van der Waals surface area contributed by atoms with Gasteiger partial charge in [0.1, 0.15) is 11.4 Å². The van der Waals surface area contributed by atoms with Gasteiger partial charge in [0.05, 0.1) is 0 Å². The Balaban J connectivity index is 0.000000597. The predicted molar refractivity (Wildman–Crippen MR) is 108 cm³/mol. The molecule has 26 heavy (non-hydrogen) atoms. The molecule has 0 saturated carbocycles. The average Bonchev–Trinajstić information content (AvgIpc) is 2.96. The van der Waals surface area contributed by atoms with Crippen LogP contribution in [0.15, 0.2) is 41.4 Å². The molecule has 1 aromatic carbocycles. The number of nitrogens with zero attached hydrogens (tertiary/aromatic N) is 1. The standard InChI is InChI=1S/C15H13BrF2N2O.C5H12/c1-3-10(16)8-12-9(2)19-20-14(12)11-6-4-5-7-13(11)21-15(17)18;1-4-5(2)3/h3-8,15H,1H2,2H3,(H,19,20);5H,4H2,1-3H3/b10-8+;. The largest absolute Gasteiger partial charge is 0.434 e. The zero-order valence-corrected chi connectivity index (χ0v) is 17.1. The molecular weight excluding hydrogens is 402 g/mol. The van der Waals surface area contributed by atoms with Crippen LogP contribution >= 0.6 is 15.9 Å². The lowest BCUT2D eigenvalue weighted by atomic mass is 10.0. The fourth-order valence-electron chi connectivity index (χ4n) is 1.88. The van der Waals surface area contributed by atoms with Gasteiger partial charge in [-0.2, -0.15) is 13.9 Å². The molecule has 3 nitrogen and oxygen atoms in total. The zero-order valence-electron chi connectivity index (χ0n) is 15.5. The lowest BCUT2D eigenvalue weighted by molar-refractivity contribution is -0.0494. The highest BCUT2D eigenvalue weighted by molar-refractivity contribution is 9.12. The molecule has 142 valence electrons. The first-order valence-corrected chi connectivity index (χ1v) is 9.18. The molecule has 6 heteroatoms. The lowest BCUT2D eigenvalue weighted by Gasteiger charge is -2.09. The summed E-state index contributed by atoms with van der Waals surface area (Å²) in [6.07, 6.45) is 4.76. The monoisotopic (exact) mass is 426 g/mol. The Morgan fingerprint density at radius 3 is 2.50 bits per heavy atom. The Bertz CT molecular complexity index is 739. The molecule has 1 heterocycles. The topological polar surface area (TPSA) is 37.9 Å². The maximum Gasteiger partial charge on any atom is 0.387 e. The number of ether oxygens (including phenoxy) is 1. The van der Waals surface area contributed by atoms with Crippen molar-refractivity contribution in [3.63, 3.8) is 0 Å². The van der Waals surface area contributed by atoms with E-state index in [0.717, 1.165) is 21.7 Å². The van der Waals surface area contributed by atoms with E-state index < -0.39 is 6.61 Å². The molecule has 0 aliphatic carbocycles. The van der Waals surface area contributed by atoms with Crippen molar-refractivity contribution in [2.24, 2.45) is 5.92 Å². The molecular formula is C20H25BrF2N2O. The van der Waals surface area contributed by atoms with Crippen molar-refractivity contribution >= 4 is 22.0 Å². The second-order valence-corrected chi connectivity index (χ2v) is 6.94. The summed E-state index contributed by atoms with van der Waals surface area (Å²) >= 11 is 3.35. The lowest BCUT2D eigenvalue weighted by Crippen LogP contribution is -2.03. The number of aryl methyl sites for hydroxylation is 1. The molecule has 1 aromatic heterocycles. The summed E-state index contributed by atoms with van der Waals surface area (Å²) in [7, 11) is 0. The number of nitrogens with one attached hydrogen (secondary N) is 1. The highest BCUT2D eigenvalue weighted by atomic mass is 79.9. The first kappa shape index (κ1) is 22.1. The number of aromatic nitrogens is 2. The number of halogens is 3. The van der Waals surface area contributed by atoms with Gasteiger partial charge in [-0.15, -0.1) is 0 Å². The van der Waals surface area contributed by atoms with Gasteiger partial charge < -0.3 is 4.74 Å². The number of para-hydroxylation sites is 1. The van der Waals surface area contributed by atoms with Crippen LogP contribution in [0.3, 0.4) is 0 Å². The predicted octanol–water partition coefficient (Wildman–Crippen LogP) is 6.96. The summed E-state index contributed by atoms with van der Waals surface area (Å²) in [6, 6.07) is 6.55. The second-order valence-electron chi connectivity index (χ2n) is 6.02. The van der Waals surface area contributed by atoms with Gasteiger partial charge in [0.15, 0.2) is 0 Å². The van der Waals surface area contributed by atoms with E-state index in [1.54, 1.807) is 24.3 Å². The first-order valence-electron chi connectivity index (χ1n) is 8.38. The Morgan fingerprint density at radius 1 is 1.35 bits per heavy atom. The highest BCUT2D eigenvalue weighted by Gasteiger charge is 2.16. The van der Waals surface area contributed by atoms with Gasteiger partial charge in [-0.3, -0.25) is 5.10 Å². The van der Waals surface area contributed by atoms with Gasteiger partial charge in [-0.1, -0.05) is 67.9 Å². The molecule has 0 saturated heterocycles. The Morgan fingerprint density at radius 2 is 1.96 bits per heavy atom. The first-order chi connectivity index (χ1) is 12.3. The van der Waals surface area contributed by atoms with Gasteiger partial charge in [0, 0.05) is 21.3 Å². The summed E-state index contributed by atoms with van der Waals surface area (Å²) in [4.78, 5) is 0. The van der Waals surface area contributed by atoms with Crippen LogP contribution in [0.4, 0.5) is 8.78 Å². The van der Waals surface area contributed by atoms with E-state index in [9.17, 15) is 8.78 Å². The Hall–Kier alpha value is -1.95. The maximum atomic E-state index is 12.5. The van der Waals surface area contributed by atoms with Crippen molar-refractivity contribution < 1.29 is 13.5 Å². The number of H-pyrrole nitrogens is 1. The quantitative estimate of drug-likeness (QED) is 0.506. The van der Waals surface area contributed by atoms with Crippen LogP contribution in [0.25, 0.3) is 17.3 Å². The van der Waals surface area contributed by atoms with E-state index in [4.69, 9.17) is 0 Å². The molecule has 0 spiro atoms. The molecule has 2 rings (SSSR count). The molecule has 2 aromatic rings. The normalized spacial score (nSPS) is 11.3. The minimum Gasteiger partial charge on any atom is -0.434 e. The number of allylic oxidation sites excluding steroid dienone is 2. The molecule has 0 radical (unpaired) electrons. The molecule has 0 bridgehead atoms. The zero-order chi connectivity index (χ0) is 19.7. The minimum atomic E-state index is -2.88. The third-order valence-electron chi connectivity index (χ3n) is 3.65. The van der Waals surface area contributed by atoms with Crippen molar-refractivity contribution in [1.82, 2.24) is 10.2 Å². The fourth-order valence-corrected chi connectivity index (χ4v) is 2.11. The van der Waals surface area contributed by atoms with Crippen molar-refractivity contribution in [1.29, 1.82) is 0 Å². The van der Waals surface area contributed by atoms with Gasteiger partial charge >= 0.3 is 6.61 Å². The average molecular weight is 427 g/mol. The van der Waals surface area contributed by atoms with Crippen molar-refractivity contribution in [3.8, 4) is 17.0 Å². The molecule has 0 amide bonds. The molecule has 0 aliphatic rings. The van der Waals surface area contributed by atoms with Crippen LogP contribution in [0.2, 0.25) is 0 Å². The van der Waals surface area contributed by atoms with E-state index in [0.29, 0.717) is 11.3 Å². The molecule has 0 aliphatic heterocycles. The van der Waals surface area contributed by atoms with Crippen LogP contribution < -0.4 is 4.74 Å². The number of alkyl halides is 2. The van der Waals surface area contributed by atoms with E-state index >= 15 is 0 Å². The Kier molecular flexibility index (Phi) is 9.27. The number of rotatable bonds is 6. The Labute approximate surface area is 162 Å². The minimum absolute atomic E-state index is 0.0865. The van der Waals surface area contributed by atoms with Gasteiger partial charge in [-0.25, -0.2) is 0 Å². The molecule has 0 atom stereocenters. The fraction of sp³-hybridized carbons (Fsp3) is 0.350. The molecule has 0 unspecified atom stereocenters. The van der Waals surface area contributed by atoms with E-state index in [1.807, 2.05) is 13.0 Å². The van der Waals surface area contributed by atoms with Gasteiger partial charge in [-0.05, 0) is 31.1 Å². The summed E-state index contributed by atoms with van der Waals surface area (Å²) in [5, 5.41) is 7.04. The van der Waals surface area contributed by atoms with E-state index in [1.165, 1.54) is 12.5 Å². The van der Waals surface area contributed by atoms with Crippen LogP contribution in [0.1, 0.15) is 38.4 Å². The smallest absolute Gasteiger partial charge is 0.387 e. The summed E-state index contributed by atoms with van der Waals surface area (Å²) in [5.41, 5.74) is 2.64. The number of aromatic amines is 1. The van der Waals surface area contributed by atoms with Crippen molar-refractivity contribution in [3.05, 3.63) is 52.7 Å². The summed E-state index contributed by atoms with van der Waals surface area (Å²) in [6.45, 7) is 9.27. The van der Waals surface area contributed by atoms with E-state index in [-0.39, 0.29) is 5.75 Å². The SMILES string of the molecule is C=C/C(Br)=C\c1c(-c2ccccc2OC(F)F)n[nH]c1C.CCC(C)C. The number of hydrogen-bond donors (Lipinski definition) is 1. The maximum absolute atomic E-state index is 12.5. The van der Waals surface area contributed by atoms with Crippen LogP contribution in [0.5, 0.6) is 5.75 Å². The third-order valence-corrected chi connectivity index (χ3v) is 4.20. The molecule has 1 N–H and O–H groups in total. The van der Waals surface area contributed by atoms with Gasteiger partial charge in [0.25, 0.3) is 0 Å². The third kappa shape index (κ3) is 6.75. The number of hydrogen-bond acceptors (Lipinski definition) is 2. The number of benzene rings is 1. The van der Waals surface area contributed by atoms with Crippen molar-refractivity contribution in [2.75, 3.05) is 0 Å². The van der Waals surface area contributed by atoms with Gasteiger partial charge in [0.2, 0.25) is 0 Å². The molecule has 0 fully saturated rings. The second kappa shape index (κ2) is 10.9. The van der Waals surface area contributed by atoms with E-state index in [2.05, 4.69) is 58.2 Å².